The van der Waals surface area contributed by atoms with Crippen molar-refractivity contribution in [3.05, 3.63) is 12.7 Å². The molecule has 1 saturated heterocycles. The molecule has 0 radical (unpaired) electrons. The van der Waals surface area contributed by atoms with Gasteiger partial charge in [-0.2, -0.15) is 0 Å². The maximum atomic E-state index is 3.74. The van der Waals surface area contributed by atoms with E-state index >= 15 is 0 Å². The van der Waals surface area contributed by atoms with Crippen LogP contribution in [0.5, 0.6) is 0 Å². The van der Waals surface area contributed by atoms with Gasteiger partial charge in [-0.3, -0.25) is 0 Å². The highest BCUT2D eigenvalue weighted by molar-refractivity contribution is 5.85. The summed E-state index contributed by atoms with van der Waals surface area (Å²) in [6.07, 6.45) is 4.69. The van der Waals surface area contributed by atoms with Gasteiger partial charge in [-0.25, -0.2) is 0 Å². The fourth-order valence-corrected chi connectivity index (χ4v) is 1.08. The molecule has 1 N–H and O–H groups in total. The highest BCUT2D eigenvalue weighted by Gasteiger charge is 2.06. The largest absolute Gasteiger partial charge is 0.316 e. The fourth-order valence-electron chi connectivity index (χ4n) is 1.08. The van der Waals surface area contributed by atoms with Gasteiger partial charge in [0.15, 0.2) is 0 Å². The van der Waals surface area contributed by atoms with Crippen molar-refractivity contribution in [3.8, 4) is 0 Å². The lowest BCUT2D eigenvalue weighted by atomic mass is 10.0. The maximum absolute atomic E-state index is 3.74. The minimum absolute atomic E-state index is 0. The molecule has 0 bridgehead atoms. The molecule has 9 heavy (non-hydrogen) atoms. The van der Waals surface area contributed by atoms with Crippen molar-refractivity contribution in [2.24, 2.45) is 5.92 Å². The van der Waals surface area contributed by atoms with Gasteiger partial charge in [0, 0.05) is 6.54 Å². The Kier molecular flexibility index (Phi) is 4.83. The first-order valence-corrected chi connectivity index (χ1v) is 3.27. The van der Waals surface area contributed by atoms with Crippen molar-refractivity contribution in [3.63, 3.8) is 0 Å². The van der Waals surface area contributed by atoms with E-state index in [1.54, 1.807) is 0 Å². The van der Waals surface area contributed by atoms with Crippen molar-refractivity contribution >= 4 is 12.4 Å². The van der Waals surface area contributed by atoms with E-state index in [4.69, 9.17) is 0 Å². The quantitative estimate of drug-likeness (QED) is 0.556. The summed E-state index contributed by atoms with van der Waals surface area (Å²) in [6.45, 7) is 6.09. The molecule has 0 aromatic heterocycles. The van der Waals surface area contributed by atoms with Crippen LogP contribution >= 0.6 is 12.4 Å². The zero-order valence-corrected chi connectivity index (χ0v) is 6.41. The average Bonchev–Trinajstić information content (AvgIpc) is 1.90. The van der Waals surface area contributed by atoms with Crippen LogP contribution in [-0.2, 0) is 0 Å². The van der Waals surface area contributed by atoms with E-state index in [0.717, 1.165) is 12.5 Å². The zero-order valence-electron chi connectivity index (χ0n) is 5.60. The minimum atomic E-state index is 0. The summed E-state index contributed by atoms with van der Waals surface area (Å²) in [4.78, 5) is 0. The van der Waals surface area contributed by atoms with Crippen LogP contribution in [0.2, 0.25) is 0 Å². The Morgan fingerprint density at radius 2 is 2.33 bits per heavy atom. The maximum Gasteiger partial charge on any atom is 0.00141 e. The summed E-state index contributed by atoms with van der Waals surface area (Å²) in [5.41, 5.74) is 0. The molecule has 1 rings (SSSR count). The van der Waals surface area contributed by atoms with E-state index in [1.807, 2.05) is 6.08 Å². The molecule has 54 valence electrons. The summed E-state index contributed by atoms with van der Waals surface area (Å²) >= 11 is 0. The van der Waals surface area contributed by atoms with E-state index in [0.29, 0.717) is 0 Å². The average molecular weight is 148 g/mol. The lowest BCUT2D eigenvalue weighted by Crippen LogP contribution is -2.28. The molecular weight excluding hydrogens is 134 g/mol. The monoisotopic (exact) mass is 147 g/mol. The van der Waals surface area contributed by atoms with Gasteiger partial charge in [-0.05, 0) is 25.3 Å². The van der Waals surface area contributed by atoms with Gasteiger partial charge in [0.2, 0.25) is 0 Å². The third-order valence-corrected chi connectivity index (χ3v) is 1.67. The molecule has 0 aliphatic carbocycles. The SMILES string of the molecule is C=C[C@@H]1CCCNC1.Cl. The van der Waals surface area contributed by atoms with E-state index in [9.17, 15) is 0 Å². The van der Waals surface area contributed by atoms with Crippen LogP contribution < -0.4 is 5.32 Å². The molecule has 1 nitrogen and oxygen atoms in total. The molecule has 0 unspecified atom stereocenters. The van der Waals surface area contributed by atoms with Crippen molar-refractivity contribution in [2.75, 3.05) is 13.1 Å². The zero-order chi connectivity index (χ0) is 5.82. The van der Waals surface area contributed by atoms with Crippen molar-refractivity contribution in [1.29, 1.82) is 0 Å². The molecule has 0 aromatic carbocycles. The topological polar surface area (TPSA) is 12.0 Å². The van der Waals surface area contributed by atoms with Gasteiger partial charge in [0.1, 0.15) is 0 Å². The van der Waals surface area contributed by atoms with Gasteiger partial charge in [0.05, 0.1) is 0 Å². The summed E-state index contributed by atoms with van der Waals surface area (Å²) in [6, 6.07) is 0. The second kappa shape index (κ2) is 4.83. The van der Waals surface area contributed by atoms with E-state index in [-0.39, 0.29) is 12.4 Å². The first-order chi connectivity index (χ1) is 3.93. The van der Waals surface area contributed by atoms with Gasteiger partial charge in [-0.15, -0.1) is 19.0 Å². The van der Waals surface area contributed by atoms with Crippen LogP contribution in [0.15, 0.2) is 12.7 Å². The molecule has 0 saturated carbocycles. The summed E-state index contributed by atoms with van der Waals surface area (Å²) in [7, 11) is 0. The second-order valence-corrected chi connectivity index (χ2v) is 2.34. The number of halogens is 1. The van der Waals surface area contributed by atoms with Crippen LogP contribution in [0.25, 0.3) is 0 Å². The normalized spacial score (nSPS) is 26.4. The van der Waals surface area contributed by atoms with Crippen molar-refractivity contribution in [2.45, 2.75) is 12.8 Å². The number of nitrogens with one attached hydrogen (secondary N) is 1. The number of hydrogen-bond acceptors (Lipinski definition) is 1. The third-order valence-electron chi connectivity index (χ3n) is 1.67. The van der Waals surface area contributed by atoms with Crippen LogP contribution in [0.4, 0.5) is 0 Å². The molecule has 1 fully saturated rings. The number of rotatable bonds is 1. The summed E-state index contributed by atoms with van der Waals surface area (Å²) in [5, 5.41) is 3.31. The van der Waals surface area contributed by atoms with E-state index in [2.05, 4.69) is 11.9 Å². The molecule has 1 aliphatic rings. The number of hydrogen-bond donors (Lipinski definition) is 1. The molecule has 1 atom stereocenters. The van der Waals surface area contributed by atoms with Crippen LogP contribution in [0, 0.1) is 5.92 Å². The van der Waals surface area contributed by atoms with Gasteiger partial charge < -0.3 is 5.32 Å². The summed E-state index contributed by atoms with van der Waals surface area (Å²) < 4.78 is 0. The predicted octanol–water partition coefficient (Wildman–Crippen LogP) is 1.59. The second-order valence-electron chi connectivity index (χ2n) is 2.34. The smallest absolute Gasteiger partial charge is 0.00141 e. The number of piperidine rings is 1. The van der Waals surface area contributed by atoms with Gasteiger partial charge >= 0.3 is 0 Å². The van der Waals surface area contributed by atoms with Crippen LogP contribution in [0.1, 0.15) is 12.8 Å². The minimum Gasteiger partial charge on any atom is -0.316 e. The molecule has 0 spiro atoms. The highest BCUT2D eigenvalue weighted by atomic mass is 35.5. The summed E-state index contributed by atoms with van der Waals surface area (Å²) in [5.74, 6) is 0.740. The molecule has 0 aromatic rings. The first kappa shape index (κ1) is 8.99. The van der Waals surface area contributed by atoms with Gasteiger partial charge in [-0.1, -0.05) is 6.08 Å². The first-order valence-electron chi connectivity index (χ1n) is 3.27. The lowest BCUT2D eigenvalue weighted by molar-refractivity contribution is 0.439. The van der Waals surface area contributed by atoms with Crippen LogP contribution in [-0.4, -0.2) is 13.1 Å². The molecule has 2 heteroatoms. The van der Waals surface area contributed by atoms with Crippen molar-refractivity contribution < 1.29 is 0 Å². The highest BCUT2D eigenvalue weighted by Crippen LogP contribution is 2.09. The predicted molar refractivity (Wildman–Crippen MR) is 43.0 cm³/mol. The Hall–Kier alpha value is -0.0100. The Morgan fingerprint density at radius 1 is 1.56 bits per heavy atom. The van der Waals surface area contributed by atoms with Crippen molar-refractivity contribution in [1.82, 2.24) is 5.32 Å². The van der Waals surface area contributed by atoms with E-state index in [1.165, 1.54) is 19.4 Å². The Balaban J connectivity index is 0.000000640. The Morgan fingerprint density at radius 3 is 2.67 bits per heavy atom. The Bertz CT molecular complexity index is 77.0. The lowest BCUT2D eigenvalue weighted by Gasteiger charge is -2.18. The van der Waals surface area contributed by atoms with Gasteiger partial charge in [0.25, 0.3) is 0 Å². The van der Waals surface area contributed by atoms with Crippen LogP contribution in [0.3, 0.4) is 0 Å². The molecular formula is C7H14ClN. The molecule has 1 aliphatic heterocycles. The molecule has 0 amide bonds. The fraction of sp³-hybridized carbons (Fsp3) is 0.714. The standard InChI is InChI=1S/C7H13N.ClH/c1-2-7-4-3-5-8-6-7;/h2,7-8H,1,3-6H2;1H/t7-;/m1./s1. The Labute approximate surface area is 62.9 Å². The van der Waals surface area contributed by atoms with E-state index < -0.39 is 0 Å². The third kappa shape index (κ3) is 2.87. The molecule has 1 heterocycles.